The minimum absolute atomic E-state index is 0.211. The van der Waals surface area contributed by atoms with Crippen LogP contribution in [0.3, 0.4) is 0 Å². The lowest BCUT2D eigenvalue weighted by atomic mass is 10.0. The van der Waals surface area contributed by atoms with Crippen molar-refractivity contribution in [2.75, 3.05) is 20.8 Å². The molecule has 0 atom stereocenters. The number of hydrogen-bond donors (Lipinski definition) is 1. The Balaban J connectivity index is 1.75. The Labute approximate surface area is 151 Å². The molecule has 1 saturated carbocycles. The summed E-state index contributed by atoms with van der Waals surface area (Å²) in [5.41, 5.74) is 2.15. The van der Waals surface area contributed by atoms with Gasteiger partial charge in [-0.25, -0.2) is 0 Å². The normalized spacial score (nSPS) is 15.0. The predicted molar refractivity (Wildman–Crippen MR) is 99.5 cm³/mol. The van der Waals surface area contributed by atoms with Gasteiger partial charge in [-0.2, -0.15) is 0 Å². The fourth-order valence-electron chi connectivity index (χ4n) is 3.17. The molecule has 26 heavy (non-hydrogen) atoms. The lowest BCUT2D eigenvalue weighted by molar-refractivity contribution is 0.0699. The molecule has 1 heterocycles. The van der Waals surface area contributed by atoms with Gasteiger partial charge in [0.1, 0.15) is 11.3 Å². The van der Waals surface area contributed by atoms with Crippen LogP contribution in [-0.4, -0.2) is 32.3 Å². The number of fused-ring (bicyclic) bond motifs is 1. The van der Waals surface area contributed by atoms with E-state index in [1.807, 2.05) is 42.5 Å². The van der Waals surface area contributed by atoms with Crippen molar-refractivity contribution in [3.63, 3.8) is 0 Å². The molecule has 2 aromatic carbocycles. The largest absolute Gasteiger partial charge is 0.497 e. The van der Waals surface area contributed by atoms with Crippen LogP contribution in [0.4, 0.5) is 0 Å². The zero-order valence-corrected chi connectivity index (χ0v) is 14.9. The van der Waals surface area contributed by atoms with Crippen molar-refractivity contribution in [3.8, 4) is 16.9 Å². The number of amides is 1. The van der Waals surface area contributed by atoms with E-state index in [-0.39, 0.29) is 11.5 Å². The van der Waals surface area contributed by atoms with Gasteiger partial charge in [0.2, 0.25) is 5.76 Å². The summed E-state index contributed by atoms with van der Waals surface area (Å²) in [6.07, 6.45) is 1.93. The van der Waals surface area contributed by atoms with Crippen LogP contribution in [0.15, 0.2) is 52.9 Å². The first-order chi connectivity index (χ1) is 12.7. The number of ether oxygens (including phenoxy) is 2. The van der Waals surface area contributed by atoms with Crippen molar-refractivity contribution in [1.29, 1.82) is 0 Å². The summed E-state index contributed by atoms with van der Waals surface area (Å²) in [4.78, 5) is 12.9. The molecule has 1 aliphatic carbocycles. The summed E-state index contributed by atoms with van der Waals surface area (Å²) in [5.74, 6) is 0.767. The Morgan fingerprint density at radius 1 is 1.15 bits per heavy atom. The van der Waals surface area contributed by atoms with Gasteiger partial charge in [0, 0.05) is 30.7 Å². The molecule has 1 fully saturated rings. The average Bonchev–Trinajstić information content (AvgIpc) is 3.38. The number of methoxy groups -OCH3 is 2. The molecule has 4 rings (SSSR count). The van der Waals surface area contributed by atoms with Crippen molar-refractivity contribution in [2.24, 2.45) is 0 Å². The highest BCUT2D eigenvalue weighted by Crippen LogP contribution is 2.39. The molecule has 5 nitrogen and oxygen atoms in total. The number of carbonyl (C=O) groups excluding carboxylic acids is 1. The van der Waals surface area contributed by atoms with Gasteiger partial charge in [-0.1, -0.05) is 30.3 Å². The number of furan rings is 1. The summed E-state index contributed by atoms with van der Waals surface area (Å²) in [5, 5.41) is 3.85. The summed E-state index contributed by atoms with van der Waals surface area (Å²) >= 11 is 0. The maximum Gasteiger partial charge on any atom is 0.287 e. The van der Waals surface area contributed by atoms with E-state index >= 15 is 0 Å². The topological polar surface area (TPSA) is 60.7 Å². The first-order valence-electron chi connectivity index (χ1n) is 8.65. The number of benzene rings is 2. The van der Waals surface area contributed by atoms with Crippen molar-refractivity contribution in [3.05, 3.63) is 54.3 Å². The second kappa shape index (κ2) is 6.50. The highest BCUT2D eigenvalue weighted by atomic mass is 16.5. The molecular weight excluding hydrogens is 330 g/mol. The molecule has 134 valence electrons. The first-order valence-corrected chi connectivity index (χ1v) is 8.65. The molecule has 3 aromatic rings. The maximum absolute atomic E-state index is 12.9. The molecule has 5 heteroatoms. The molecule has 1 aromatic heterocycles. The second-order valence-corrected chi connectivity index (χ2v) is 6.60. The van der Waals surface area contributed by atoms with E-state index in [9.17, 15) is 4.79 Å². The highest BCUT2D eigenvalue weighted by molar-refractivity contribution is 6.08. The van der Waals surface area contributed by atoms with Gasteiger partial charge in [0.15, 0.2) is 0 Å². The van der Waals surface area contributed by atoms with Crippen LogP contribution in [0, 0.1) is 0 Å². The zero-order chi connectivity index (χ0) is 18.1. The average molecular weight is 351 g/mol. The highest BCUT2D eigenvalue weighted by Gasteiger charge is 2.43. The molecule has 1 amide bonds. The molecule has 0 saturated heterocycles. The number of nitrogens with one attached hydrogen (secondary N) is 1. The van der Waals surface area contributed by atoms with Crippen LogP contribution < -0.4 is 10.1 Å². The van der Waals surface area contributed by atoms with E-state index in [2.05, 4.69) is 5.32 Å². The van der Waals surface area contributed by atoms with Gasteiger partial charge >= 0.3 is 0 Å². The third kappa shape index (κ3) is 2.95. The van der Waals surface area contributed by atoms with Gasteiger partial charge < -0.3 is 19.2 Å². The molecule has 0 bridgehead atoms. The Hall–Kier alpha value is -2.79. The fourth-order valence-corrected chi connectivity index (χ4v) is 3.17. The van der Waals surface area contributed by atoms with Gasteiger partial charge in [-0.15, -0.1) is 0 Å². The Morgan fingerprint density at radius 3 is 2.58 bits per heavy atom. The van der Waals surface area contributed by atoms with Crippen LogP contribution >= 0.6 is 0 Å². The second-order valence-electron chi connectivity index (χ2n) is 6.60. The number of rotatable bonds is 6. The van der Waals surface area contributed by atoms with Crippen LogP contribution in [-0.2, 0) is 4.74 Å². The number of carbonyl (C=O) groups is 1. The molecule has 0 spiro atoms. The third-order valence-electron chi connectivity index (χ3n) is 4.98. The van der Waals surface area contributed by atoms with Crippen LogP contribution in [0.2, 0.25) is 0 Å². The van der Waals surface area contributed by atoms with Crippen LogP contribution in [0.25, 0.3) is 22.1 Å². The van der Waals surface area contributed by atoms with Gasteiger partial charge in [0.25, 0.3) is 5.91 Å². The summed E-state index contributed by atoms with van der Waals surface area (Å²) in [7, 11) is 3.29. The van der Waals surface area contributed by atoms with E-state index in [4.69, 9.17) is 13.9 Å². The summed E-state index contributed by atoms with van der Waals surface area (Å²) in [6, 6.07) is 15.4. The van der Waals surface area contributed by atoms with Crippen molar-refractivity contribution in [1.82, 2.24) is 5.32 Å². The SMILES string of the molecule is COc1ccc2c(-c3ccccc3)c(C(=O)NCC3(OC)CC3)oc2c1. The van der Waals surface area contributed by atoms with Crippen molar-refractivity contribution >= 4 is 16.9 Å². The van der Waals surface area contributed by atoms with Gasteiger partial charge in [-0.05, 0) is 30.5 Å². The van der Waals surface area contributed by atoms with Gasteiger partial charge in [-0.3, -0.25) is 4.79 Å². The van der Waals surface area contributed by atoms with Crippen LogP contribution in [0.1, 0.15) is 23.4 Å². The van der Waals surface area contributed by atoms with Crippen molar-refractivity contribution < 1.29 is 18.7 Å². The Bertz CT molecular complexity index is 941. The standard InChI is InChI=1S/C21H21NO4/c1-24-15-8-9-16-17(12-15)26-19(18(16)14-6-4-3-5-7-14)20(23)22-13-21(25-2)10-11-21/h3-9,12H,10-11,13H2,1-2H3,(H,22,23). The smallest absolute Gasteiger partial charge is 0.287 e. The van der Waals surface area contributed by atoms with E-state index in [1.54, 1.807) is 20.3 Å². The van der Waals surface area contributed by atoms with Gasteiger partial charge in [0.05, 0.1) is 12.7 Å². The molecular formula is C21H21NO4. The molecule has 0 unspecified atom stereocenters. The molecule has 0 aliphatic heterocycles. The number of hydrogen-bond acceptors (Lipinski definition) is 4. The minimum Gasteiger partial charge on any atom is -0.497 e. The monoisotopic (exact) mass is 351 g/mol. The minimum atomic E-state index is -0.234. The lowest BCUT2D eigenvalue weighted by Gasteiger charge is -2.13. The summed E-state index contributed by atoms with van der Waals surface area (Å²) < 4.78 is 16.7. The van der Waals surface area contributed by atoms with Crippen molar-refractivity contribution in [2.45, 2.75) is 18.4 Å². The molecule has 0 radical (unpaired) electrons. The lowest BCUT2D eigenvalue weighted by Crippen LogP contribution is -2.34. The summed E-state index contributed by atoms with van der Waals surface area (Å²) in [6.45, 7) is 0.483. The third-order valence-corrected chi connectivity index (χ3v) is 4.98. The molecule has 1 aliphatic rings. The predicted octanol–water partition coefficient (Wildman–Crippen LogP) is 4.02. The van der Waals surface area contributed by atoms with Crippen LogP contribution in [0.5, 0.6) is 5.75 Å². The van der Waals surface area contributed by atoms with E-state index in [1.165, 1.54) is 0 Å². The van der Waals surface area contributed by atoms with E-state index in [0.29, 0.717) is 23.6 Å². The fraction of sp³-hybridized carbons (Fsp3) is 0.286. The first kappa shape index (κ1) is 16.7. The maximum atomic E-state index is 12.9. The van der Waals surface area contributed by atoms with E-state index in [0.717, 1.165) is 29.4 Å². The Morgan fingerprint density at radius 2 is 1.92 bits per heavy atom. The quantitative estimate of drug-likeness (QED) is 0.729. The van der Waals surface area contributed by atoms with E-state index < -0.39 is 0 Å². The zero-order valence-electron chi connectivity index (χ0n) is 14.9. The molecule has 1 N–H and O–H groups in total. The Kier molecular flexibility index (Phi) is 4.17.